The fraction of sp³-hybridized carbons (Fsp3) is 0.167. The van der Waals surface area contributed by atoms with Crippen molar-refractivity contribution >= 4 is 57.2 Å². The highest BCUT2D eigenvalue weighted by Gasteiger charge is 2.10. The highest BCUT2D eigenvalue weighted by Crippen LogP contribution is 2.32. The summed E-state index contributed by atoms with van der Waals surface area (Å²) in [7, 11) is 1.43. The lowest BCUT2D eigenvalue weighted by Gasteiger charge is -2.07. The number of amides is 2. The zero-order valence-corrected chi connectivity index (χ0v) is 17.7. The van der Waals surface area contributed by atoms with Crippen LogP contribution in [0, 0.1) is 0 Å². The second-order valence-corrected chi connectivity index (χ2v) is 7.20. The van der Waals surface area contributed by atoms with Crippen molar-refractivity contribution in [2.45, 2.75) is 6.42 Å². The second kappa shape index (κ2) is 10.3. The van der Waals surface area contributed by atoms with Crippen molar-refractivity contribution in [3.8, 4) is 11.5 Å². The number of hydrogen-bond acceptors (Lipinski definition) is 5. The van der Waals surface area contributed by atoms with E-state index in [0.29, 0.717) is 20.6 Å². The number of hydrazone groups is 1. The molecule has 28 heavy (non-hydrogen) atoms. The molecule has 0 atom stereocenters. The molecule has 0 radical (unpaired) electrons. The molecule has 0 aliphatic heterocycles. The average molecular weight is 489 g/mol. The molecule has 2 rings (SSSR count). The molecule has 0 aliphatic rings. The number of rotatable bonds is 7. The van der Waals surface area contributed by atoms with E-state index < -0.39 is 5.91 Å². The van der Waals surface area contributed by atoms with Crippen LogP contribution in [-0.4, -0.2) is 36.8 Å². The van der Waals surface area contributed by atoms with Crippen molar-refractivity contribution in [2.24, 2.45) is 5.10 Å². The Hall–Kier alpha value is -2.29. The van der Waals surface area contributed by atoms with Crippen molar-refractivity contribution in [1.29, 1.82) is 0 Å². The van der Waals surface area contributed by atoms with Gasteiger partial charge < -0.3 is 15.2 Å². The molecular weight excluding hydrogens is 473 g/mol. The first-order valence-electron chi connectivity index (χ1n) is 7.93. The van der Waals surface area contributed by atoms with Gasteiger partial charge in [0.1, 0.15) is 0 Å². The van der Waals surface area contributed by atoms with Gasteiger partial charge in [0.25, 0.3) is 5.91 Å². The summed E-state index contributed by atoms with van der Waals surface area (Å²) in [5.41, 5.74) is 3.02. The number of nitrogens with one attached hydrogen (secondary N) is 2. The van der Waals surface area contributed by atoms with Crippen LogP contribution in [0.25, 0.3) is 0 Å². The SMILES string of the molecule is COc1cc(Br)cc(C=NNC(=O)CCNC(=O)c2ccc(Cl)c(Cl)c2)c1O. The van der Waals surface area contributed by atoms with Crippen LogP contribution in [0.5, 0.6) is 11.5 Å². The maximum atomic E-state index is 12.0. The maximum Gasteiger partial charge on any atom is 0.251 e. The predicted octanol–water partition coefficient (Wildman–Crippen LogP) is 3.74. The first kappa shape index (κ1) is 22.0. The van der Waals surface area contributed by atoms with Gasteiger partial charge in [-0.2, -0.15) is 5.10 Å². The lowest BCUT2D eigenvalue weighted by molar-refractivity contribution is -0.120. The molecule has 0 aromatic heterocycles. The molecular formula is C18H16BrCl2N3O4. The van der Waals surface area contributed by atoms with Crippen molar-refractivity contribution in [3.05, 3.63) is 56.0 Å². The molecule has 2 aromatic rings. The van der Waals surface area contributed by atoms with E-state index in [1.165, 1.54) is 31.5 Å². The van der Waals surface area contributed by atoms with E-state index in [1.807, 2.05) is 0 Å². The minimum absolute atomic E-state index is 0.0121. The molecule has 0 spiro atoms. The molecule has 10 heteroatoms. The average Bonchev–Trinajstić information content (AvgIpc) is 2.66. The van der Waals surface area contributed by atoms with Crippen molar-refractivity contribution in [1.82, 2.24) is 10.7 Å². The number of carbonyl (C=O) groups is 2. The predicted molar refractivity (Wildman–Crippen MR) is 112 cm³/mol. The molecule has 0 saturated carbocycles. The third-order valence-corrected chi connectivity index (χ3v) is 4.70. The molecule has 2 aromatic carbocycles. The standard InChI is InChI=1S/C18H16BrCl2N3O4/c1-28-15-8-12(19)6-11(17(15)26)9-23-24-16(25)4-5-22-18(27)10-2-3-13(20)14(21)7-10/h2-3,6-9,26H,4-5H2,1H3,(H,22,27)(H,24,25). The fourth-order valence-electron chi connectivity index (χ4n) is 2.11. The summed E-state index contributed by atoms with van der Waals surface area (Å²) in [5.74, 6) is -0.613. The highest BCUT2D eigenvalue weighted by molar-refractivity contribution is 9.10. The molecule has 7 nitrogen and oxygen atoms in total. The Morgan fingerprint density at radius 3 is 2.68 bits per heavy atom. The van der Waals surface area contributed by atoms with Crippen LogP contribution in [0.15, 0.2) is 39.9 Å². The number of phenolic OH excluding ortho intramolecular Hbond substituents is 1. The summed E-state index contributed by atoms with van der Waals surface area (Å²) >= 11 is 15.0. The van der Waals surface area contributed by atoms with Gasteiger partial charge in [-0.25, -0.2) is 5.43 Å². The van der Waals surface area contributed by atoms with Crippen molar-refractivity contribution in [3.63, 3.8) is 0 Å². The lowest BCUT2D eigenvalue weighted by Crippen LogP contribution is -2.29. The Labute approximate surface area is 179 Å². The monoisotopic (exact) mass is 487 g/mol. The molecule has 0 bridgehead atoms. The van der Waals surface area contributed by atoms with Crippen LogP contribution in [0.4, 0.5) is 0 Å². The van der Waals surface area contributed by atoms with Crippen LogP contribution in [-0.2, 0) is 4.79 Å². The molecule has 0 fully saturated rings. The maximum absolute atomic E-state index is 12.0. The van der Waals surface area contributed by atoms with E-state index in [-0.39, 0.29) is 35.4 Å². The number of halogens is 3. The summed E-state index contributed by atoms with van der Waals surface area (Å²) in [4.78, 5) is 23.8. The smallest absolute Gasteiger partial charge is 0.251 e. The molecule has 0 aliphatic carbocycles. The van der Waals surface area contributed by atoms with Crippen LogP contribution >= 0.6 is 39.1 Å². The van der Waals surface area contributed by atoms with Crippen molar-refractivity contribution < 1.29 is 19.4 Å². The molecule has 0 saturated heterocycles. The number of carbonyl (C=O) groups excluding carboxylic acids is 2. The van der Waals surface area contributed by atoms with Gasteiger partial charge in [0, 0.05) is 28.6 Å². The van der Waals surface area contributed by atoms with Gasteiger partial charge >= 0.3 is 0 Å². The number of phenols is 1. The molecule has 3 N–H and O–H groups in total. The van der Waals surface area contributed by atoms with E-state index in [9.17, 15) is 14.7 Å². The first-order chi connectivity index (χ1) is 13.3. The number of aromatic hydroxyl groups is 1. The minimum Gasteiger partial charge on any atom is -0.504 e. The Morgan fingerprint density at radius 2 is 2.00 bits per heavy atom. The van der Waals surface area contributed by atoms with E-state index in [1.54, 1.807) is 12.1 Å². The topological polar surface area (TPSA) is 100 Å². The lowest BCUT2D eigenvalue weighted by atomic mass is 10.2. The van der Waals surface area contributed by atoms with E-state index in [4.69, 9.17) is 27.9 Å². The van der Waals surface area contributed by atoms with E-state index in [2.05, 4.69) is 31.8 Å². The number of ether oxygens (including phenoxy) is 1. The summed E-state index contributed by atoms with van der Waals surface area (Å²) in [5, 5.41) is 17.0. The van der Waals surface area contributed by atoms with Gasteiger partial charge in [-0.15, -0.1) is 0 Å². The third-order valence-electron chi connectivity index (χ3n) is 3.50. The third kappa shape index (κ3) is 6.12. The summed E-state index contributed by atoms with van der Waals surface area (Å²) in [6.07, 6.45) is 1.30. The van der Waals surface area contributed by atoms with E-state index >= 15 is 0 Å². The number of hydrogen-bond donors (Lipinski definition) is 3. The van der Waals surface area contributed by atoms with Gasteiger partial charge in [-0.3, -0.25) is 9.59 Å². The second-order valence-electron chi connectivity index (χ2n) is 5.47. The first-order valence-corrected chi connectivity index (χ1v) is 9.48. The Morgan fingerprint density at radius 1 is 1.25 bits per heavy atom. The quantitative estimate of drug-likeness (QED) is 0.408. The van der Waals surface area contributed by atoms with Crippen LogP contribution in [0.1, 0.15) is 22.3 Å². The normalized spacial score (nSPS) is 10.7. The highest BCUT2D eigenvalue weighted by atomic mass is 79.9. The largest absolute Gasteiger partial charge is 0.504 e. The van der Waals surface area contributed by atoms with Crippen molar-refractivity contribution in [2.75, 3.05) is 13.7 Å². The van der Waals surface area contributed by atoms with Gasteiger partial charge in [0.15, 0.2) is 11.5 Å². The number of benzene rings is 2. The number of nitrogens with zero attached hydrogens (tertiary/aromatic N) is 1. The molecule has 148 valence electrons. The Balaban J connectivity index is 1.83. The van der Waals surface area contributed by atoms with Crippen LogP contribution < -0.4 is 15.5 Å². The summed E-state index contributed by atoms with van der Waals surface area (Å²) in [6.45, 7) is 0.108. The minimum atomic E-state index is -0.410. The Bertz CT molecular complexity index is 922. The molecule has 2 amide bonds. The zero-order chi connectivity index (χ0) is 20.7. The van der Waals surface area contributed by atoms with Gasteiger partial charge in [-0.05, 0) is 30.3 Å². The number of methoxy groups -OCH3 is 1. The van der Waals surface area contributed by atoms with Gasteiger partial charge in [0.05, 0.1) is 23.4 Å². The van der Waals surface area contributed by atoms with E-state index in [0.717, 1.165) is 0 Å². The summed E-state index contributed by atoms with van der Waals surface area (Å²) < 4.78 is 5.72. The Kier molecular flexibility index (Phi) is 8.10. The summed E-state index contributed by atoms with van der Waals surface area (Å²) in [6, 6.07) is 7.72. The van der Waals surface area contributed by atoms with Gasteiger partial charge in [-0.1, -0.05) is 39.1 Å². The van der Waals surface area contributed by atoms with Gasteiger partial charge in [0.2, 0.25) is 5.91 Å². The fourth-order valence-corrected chi connectivity index (χ4v) is 2.86. The zero-order valence-electron chi connectivity index (χ0n) is 14.6. The molecule has 0 heterocycles. The van der Waals surface area contributed by atoms with Crippen LogP contribution in [0.3, 0.4) is 0 Å². The molecule has 0 unspecified atom stereocenters. The van der Waals surface area contributed by atoms with Crippen LogP contribution in [0.2, 0.25) is 10.0 Å².